The van der Waals surface area contributed by atoms with Crippen LogP contribution in [-0.4, -0.2) is 53.0 Å². The molecule has 1 aliphatic heterocycles. The number of para-hydroxylation sites is 1. The molecule has 0 atom stereocenters. The number of rotatable bonds is 6. The summed E-state index contributed by atoms with van der Waals surface area (Å²) < 4.78 is 0. The van der Waals surface area contributed by atoms with Gasteiger partial charge in [-0.2, -0.15) is 0 Å². The molecule has 172 valence electrons. The van der Waals surface area contributed by atoms with Crippen molar-refractivity contribution in [1.29, 1.82) is 0 Å². The fraction of sp³-hybridized carbons (Fsp3) is 0.346. The van der Waals surface area contributed by atoms with E-state index in [9.17, 15) is 4.79 Å². The van der Waals surface area contributed by atoms with Crippen molar-refractivity contribution >= 4 is 28.9 Å². The number of anilines is 4. The number of benzene rings is 2. The zero-order chi connectivity index (χ0) is 23.4. The molecule has 0 saturated carbocycles. The second kappa shape index (κ2) is 10.0. The van der Waals surface area contributed by atoms with Crippen molar-refractivity contribution in [3.63, 3.8) is 0 Å². The number of hydrogen-bond donors (Lipinski definition) is 2. The Morgan fingerprint density at radius 3 is 2.09 bits per heavy atom. The summed E-state index contributed by atoms with van der Waals surface area (Å²) in [7, 11) is 0. The topological polar surface area (TPSA) is 73.4 Å². The SMILES string of the molecule is Cc1cccc(C)c1NC(=O)c1cnc(Nc2ccc(N3CCN(C(C)C)CC3)cc2)nc1. The van der Waals surface area contributed by atoms with E-state index >= 15 is 0 Å². The highest BCUT2D eigenvalue weighted by atomic mass is 16.1. The minimum atomic E-state index is -0.221. The van der Waals surface area contributed by atoms with Gasteiger partial charge in [-0.3, -0.25) is 9.69 Å². The molecule has 1 aliphatic rings. The molecule has 4 rings (SSSR count). The highest BCUT2D eigenvalue weighted by Crippen LogP contribution is 2.22. The van der Waals surface area contributed by atoms with E-state index in [-0.39, 0.29) is 5.91 Å². The molecule has 3 aromatic rings. The number of carbonyl (C=O) groups excluding carboxylic acids is 1. The third-order valence-electron chi connectivity index (χ3n) is 6.17. The number of aromatic nitrogens is 2. The minimum Gasteiger partial charge on any atom is -0.369 e. The molecule has 2 N–H and O–H groups in total. The van der Waals surface area contributed by atoms with Gasteiger partial charge in [0.15, 0.2) is 0 Å². The second-order valence-electron chi connectivity index (χ2n) is 8.80. The number of aryl methyl sites for hydroxylation is 2. The summed E-state index contributed by atoms with van der Waals surface area (Å²) in [5, 5.41) is 6.17. The number of amides is 1. The molecule has 1 aromatic heterocycles. The number of hydrogen-bond acceptors (Lipinski definition) is 6. The molecule has 0 spiro atoms. The van der Waals surface area contributed by atoms with Gasteiger partial charge in [-0.1, -0.05) is 18.2 Å². The Hall–Kier alpha value is -3.45. The van der Waals surface area contributed by atoms with E-state index in [2.05, 4.69) is 56.4 Å². The number of nitrogens with zero attached hydrogens (tertiary/aromatic N) is 4. The molecular formula is C26H32N6O. The van der Waals surface area contributed by atoms with Crippen LogP contribution in [0.3, 0.4) is 0 Å². The van der Waals surface area contributed by atoms with Gasteiger partial charge in [-0.05, 0) is 63.1 Å². The van der Waals surface area contributed by atoms with Crippen molar-refractivity contribution in [1.82, 2.24) is 14.9 Å². The lowest BCUT2D eigenvalue weighted by atomic mass is 10.1. The molecule has 2 heterocycles. The fourth-order valence-electron chi connectivity index (χ4n) is 4.09. The molecule has 1 fully saturated rings. The molecule has 7 heteroatoms. The minimum absolute atomic E-state index is 0.221. The maximum Gasteiger partial charge on any atom is 0.258 e. The number of carbonyl (C=O) groups is 1. The zero-order valence-electron chi connectivity index (χ0n) is 19.8. The van der Waals surface area contributed by atoms with Crippen LogP contribution in [0.1, 0.15) is 35.3 Å². The van der Waals surface area contributed by atoms with Crippen LogP contribution >= 0.6 is 0 Å². The monoisotopic (exact) mass is 444 g/mol. The highest BCUT2D eigenvalue weighted by molar-refractivity contribution is 6.04. The number of nitrogens with one attached hydrogen (secondary N) is 2. The maximum atomic E-state index is 12.6. The van der Waals surface area contributed by atoms with Gasteiger partial charge in [0.2, 0.25) is 5.95 Å². The average Bonchev–Trinajstić information content (AvgIpc) is 2.82. The summed E-state index contributed by atoms with van der Waals surface area (Å²) in [6.45, 7) is 12.7. The molecular weight excluding hydrogens is 412 g/mol. The maximum absolute atomic E-state index is 12.6. The normalized spacial score (nSPS) is 14.4. The van der Waals surface area contributed by atoms with Crippen LogP contribution < -0.4 is 15.5 Å². The first-order valence-electron chi connectivity index (χ1n) is 11.5. The predicted molar refractivity (Wildman–Crippen MR) is 135 cm³/mol. The van der Waals surface area contributed by atoms with Crippen molar-refractivity contribution < 1.29 is 4.79 Å². The molecule has 0 radical (unpaired) electrons. The summed E-state index contributed by atoms with van der Waals surface area (Å²) in [5.41, 5.74) is 5.42. The van der Waals surface area contributed by atoms with Crippen molar-refractivity contribution in [2.24, 2.45) is 0 Å². The van der Waals surface area contributed by atoms with Gasteiger partial charge in [0.1, 0.15) is 0 Å². The molecule has 1 saturated heterocycles. The van der Waals surface area contributed by atoms with Crippen LogP contribution in [0.4, 0.5) is 23.0 Å². The lowest BCUT2D eigenvalue weighted by Gasteiger charge is -2.38. The largest absolute Gasteiger partial charge is 0.369 e. The van der Waals surface area contributed by atoms with E-state index in [0.717, 1.165) is 48.7 Å². The van der Waals surface area contributed by atoms with Crippen LogP contribution in [-0.2, 0) is 0 Å². The Labute approximate surface area is 195 Å². The zero-order valence-corrected chi connectivity index (χ0v) is 19.8. The van der Waals surface area contributed by atoms with Gasteiger partial charge in [-0.15, -0.1) is 0 Å². The smallest absolute Gasteiger partial charge is 0.258 e. The Morgan fingerprint density at radius 2 is 1.52 bits per heavy atom. The predicted octanol–water partition coefficient (Wildman–Crippen LogP) is 4.62. The first-order chi connectivity index (χ1) is 15.9. The average molecular weight is 445 g/mol. The molecule has 0 bridgehead atoms. The second-order valence-corrected chi connectivity index (χ2v) is 8.80. The van der Waals surface area contributed by atoms with Crippen molar-refractivity contribution in [2.75, 3.05) is 41.7 Å². The van der Waals surface area contributed by atoms with E-state index in [1.165, 1.54) is 5.69 Å². The van der Waals surface area contributed by atoms with E-state index in [0.29, 0.717) is 17.6 Å². The van der Waals surface area contributed by atoms with Crippen LogP contribution in [0.25, 0.3) is 0 Å². The number of piperazine rings is 1. The molecule has 2 aromatic carbocycles. The molecule has 0 aliphatic carbocycles. The molecule has 7 nitrogen and oxygen atoms in total. The van der Waals surface area contributed by atoms with Crippen LogP contribution in [0.15, 0.2) is 54.9 Å². The first kappa shape index (κ1) is 22.7. The summed E-state index contributed by atoms with van der Waals surface area (Å²) in [5.74, 6) is 0.234. The van der Waals surface area contributed by atoms with E-state index in [4.69, 9.17) is 0 Å². The first-order valence-corrected chi connectivity index (χ1v) is 11.5. The molecule has 33 heavy (non-hydrogen) atoms. The van der Waals surface area contributed by atoms with Gasteiger partial charge >= 0.3 is 0 Å². The van der Waals surface area contributed by atoms with Crippen molar-refractivity contribution in [3.8, 4) is 0 Å². The van der Waals surface area contributed by atoms with Gasteiger partial charge in [0, 0.05) is 61.7 Å². The van der Waals surface area contributed by atoms with Crippen molar-refractivity contribution in [3.05, 3.63) is 71.5 Å². The fourth-order valence-corrected chi connectivity index (χ4v) is 4.09. The highest BCUT2D eigenvalue weighted by Gasteiger charge is 2.19. The van der Waals surface area contributed by atoms with E-state index in [1.54, 1.807) is 12.4 Å². The van der Waals surface area contributed by atoms with Crippen molar-refractivity contribution in [2.45, 2.75) is 33.7 Å². The summed E-state index contributed by atoms with van der Waals surface area (Å²) in [4.78, 5) is 26.2. The van der Waals surface area contributed by atoms with E-state index in [1.807, 2.05) is 44.2 Å². The summed E-state index contributed by atoms with van der Waals surface area (Å²) in [6.07, 6.45) is 3.09. The Kier molecular flexibility index (Phi) is 6.89. The van der Waals surface area contributed by atoms with E-state index < -0.39 is 0 Å². The third kappa shape index (κ3) is 5.49. The van der Waals surface area contributed by atoms with Crippen LogP contribution in [0, 0.1) is 13.8 Å². The standard InChI is InChI=1S/C26H32N6O/c1-18(2)31-12-14-32(15-13-31)23-10-8-22(9-11-23)29-26-27-16-21(17-28-26)25(33)30-24-19(3)6-5-7-20(24)4/h5-11,16-18H,12-15H2,1-4H3,(H,30,33)(H,27,28,29). The van der Waals surface area contributed by atoms with Gasteiger partial charge in [0.05, 0.1) is 5.56 Å². The lowest BCUT2D eigenvalue weighted by molar-refractivity contribution is 0.102. The third-order valence-corrected chi connectivity index (χ3v) is 6.17. The quantitative estimate of drug-likeness (QED) is 0.578. The van der Waals surface area contributed by atoms with Gasteiger partial charge < -0.3 is 15.5 Å². The van der Waals surface area contributed by atoms with Crippen LogP contribution in [0.2, 0.25) is 0 Å². The Morgan fingerprint density at radius 1 is 0.909 bits per heavy atom. The van der Waals surface area contributed by atoms with Gasteiger partial charge in [-0.25, -0.2) is 9.97 Å². The Balaban J connectivity index is 1.35. The van der Waals surface area contributed by atoms with Crippen LogP contribution in [0.5, 0.6) is 0 Å². The lowest BCUT2D eigenvalue weighted by Crippen LogP contribution is -2.48. The van der Waals surface area contributed by atoms with Gasteiger partial charge in [0.25, 0.3) is 5.91 Å². The molecule has 0 unspecified atom stereocenters. The summed E-state index contributed by atoms with van der Waals surface area (Å²) >= 11 is 0. The summed E-state index contributed by atoms with van der Waals surface area (Å²) in [6, 6.07) is 14.8. The Bertz CT molecular complexity index is 1070. The molecule has 1 amide bonds.